The number of rotatable bonds is 5. The lowest BCUT2D eigenvalue weighted by Crippen LogP contribution is -2.40. The van der Waals surface area contributed by atoms with Crippen molar-refractivity contribution in [3.8, 4) is 0 Å². The molecule has 0 aliphatic carbocycles. The van der Waals surface area contributed by atoms with Crippen LogP contribution in [0.3, 0.4) is 0 Å². The first-order chi connectivity index (χ1) is 8.88. The van der Waals surface area contributed by atoms with Crippen molar-refractivity contribution in [2.75, 3.05) is 7.05 Å². The molecular weight excluding hydrogens is 256 g/mol. The summed E-state index contributed by atoms with van der Waals surface area (Å²) >= 11 is 0. The summed E-state index contributed by atoms with van der Waals surface area (Å²) in [5.41, 5.74) is 4.32. The van der Waals surface area contributed by atoms with Gasteiger partial charge in [0.2, 0.25) is 5.91 Å². The fourth-order valence-electron chi connectivity index (χ4n) is 1.38. The van der Waals surface area contributed by atoms with E-state index in [1.807, 2.05) is 0 Å². The Kier molecular flexibility index (Phi) is 4.94. The minimum Gasteiger partial charge on any atom is -0.366 e. The Morgan fingerprint density at radius 2 is 1.95 bits per heavy atom. The van der Waals surface area contributed by atoms with Crippen LogP contribution in [0.1, 0.15) is 22.8 Å². The Morgan fingerprint density at radius 1 is 1.32 bits per heavy atom. The first-order valence-electron chi connectivity index (χ1n) is 5.60. The topological polar surface area (TPSA) is 84.2 Å². The van der Waals surface area contributed by atoms with E-state index in [9.17, 15) is 18.4 Å². The van der Waals surface area contributed by atoms with Crippen LogP contribution in [-0.2, 0) is 11.3 Å². The molecule has 1 rings (SSSR count). The molecule has 1 aromatic rings. The number of amides is 2. The third kappa shape index (κ3) is 3.47. The lowest BCUT2D eigenvalue weighted by atomic mass is 10.1. The normalized spacial score (nSPS) is 12.0. The fourth-order valence-corrected chi connectivity index (χ4v) is 1.38. The fraction of sp³-hybridized carbons (Fsp3) is 0.333. The standard InChI is InChI=1S/C12H15F2N3O2/c1-6(16-2)12(19)17-5-7-3-4-8(11(15)18)10(14)9(7)13/h3-4,6,16H,5H2,1-2H3,(H2,15,18)(H,17,19). The van der Waals surface area contributed by atoms with Gasteiger partial charge >= 0.3 is 0 Å². The van der Waals surface area contributed by atoms with Crippen LogP contribution in [0.25, 0.3) is 0 Å². The molecule has 0 fully saturated rings. The van der Waals surface area contributed by atoms with Crippen molar-refractivity contribution in [3.05, 3.63) is 34.9 Å². The molecule has 1 atom stereocenters. The summed E-state index contributed by atoms with van der Waals surface area (Å²) in [7, 11) is 1.60. The summed E-state index contributed by atoms with van der Waals surface area (Å²) in [4.78, 5) is 22.3. The van der Waals surface area contributed by atoms with E-state index >= 15 is 0 Å². The number of halogens is 2. The van der Waals surface area contributed by atoms with Gasteiger partial charge in [0.15, 0.2) is 11.6 Å². The van der Waals surface area contributed by atoms with Gasteiger partial charge in [-0.15, -0.1) is 0 Å². The SMILES string of the molecule is CNC(C)C(=O)NCc1ccc(C(N)=O)c(F)c1F. The number of carbonyl (C=O) groups is 2. The zero-order valence-corrected chi connectivity index (χ0v) is 10.6. The molecule has 7 heteroatoms. The van der Waals surface area contributed by atoms with E-state index in [4.69, 9.17) is 5.73 Å². The van der Waals surface area contributed by atoms with Crippen LogP contribution in [-0.4, -0.2) is 24.9 Å². The number of benzene rings is 1. The molecule has 4 N–H and O–H groups in total. The maximum Gasteiger partial charge on any atom is 0.251 e. The quantitative estimate of drug-likeness (QED) is 0.719. The van der Waals surface area contributed by atoms with Crippen LogP contribution in [0.15, 0.2) is 12.1 Å². The number of hydrogen-bond donors (Lipinski definition) is 3. The van der Waals surface area contributed by atoms with Crippen LogP contribution in [0.5, 0.6) is 0 Å². The molecular formula is C12H15F2N3O2. The zero-order valence-electron chi connectivity index (χ0n) is 10.6. The summed E-state index contributed by atoms with van der Waals surface area (Å²) in [5.74, 6) is -3.88. The van der Waals surface area contributed by atoms with Gasteiger partial charge in [-0.3, -0.25) is 9.59 Å². The van der Waals surface area contributed by atoms with Gasteiger partial charge < -0.3 is 16.4 Å². The first kappa shape index (κ1) is 15.0. The van der Waals surface area contributed by atoms with Crippen molar-refractivity contribution >= 4 is 11.8 Å². The monoisotopic (exact) mass is 271 g/mol. The predicted molar refractivity (Wildman–Crippen MR) is 65.2 cm³/mol. The smallest absolute Gasteiger partial charge is 0.251 e. The number of likely N-dealkylation sites (N-methyl/N-ethyl adjacent to an activating group) is 1. The highest BCUT2D eigenvalue weighted by molar-refractivity contribution is 5.93. The van der Waals surface area contributed by atoms with Crippen LogP contribution < -0.4 is 16.4 Å². The van der Waals surface area contributed by atoms with Crippen LogP contribution in [0.2, 0.25) is 0 Å². The molecule has 0 aliphatic heterocycles. The van der Waals surface area contributed by atoms with Crippen LogP contribution in [0, 0.1) is 11.6 Å². The predicted octanol–water partition coefficient (Wildman–Crippen LogP) is 0.288. The van der Waals surface area contributed by atoms with Gasteiger partial charge in [-0.25, -0.2) is 8.78 Å². The van der Waals surface area contributed by atoms with Gasteiger partial charge in [0, 0.05) is 12.1 Å². The third-order valence-electron chi connectivity index (χ3n) is 2.71. The molecule has 0 aliphatic rings. The number of hydrogen-bond acceptors (Lipinski definition) is 3. The molecule has 0 saturated carbocycles. The van der Waals surface area contributed by atoms with Crippen LogP contribution in [0.4, 0.5) is 8.78 Å². The van der Waals surface area contributed by atoms with E-state index in [0.29, 0.717) is 0 Å². The third-order valence-corrected chi connectivity index (χ3v) is 2.71. The molecule has 19 heavy (non-hydrogen) atoms. The highest BCUT2D eigenvalue weighted by atomic mass is 19.2. The van der Waals surface area contributed by atoms with Gasteiger partial charge in [-0.1, -0.05) is 6.07 Å². The minimum atomic E-state index is -1.30. The molecule has 5 nitrogen and oxygen atoms in total. The summed E-state index contributed by atoms with van der Waals surface area (Å²) < 4.78 is 27.1. The number of nitrogens with two attached hydrogens (primary N) is 1. The van der Waals surface area contributed by atoms with Gasteiger partial charge in [0.05, 0.1) is 11.6 Å². The summed E-state index contributed by atoms with van der Waals surface area (Å²) in [5, 5.41) is 5.15. The van der Waals surface area contributed by atoms with E-state index < -0.39 is 29.1 Å². The van der Waals surface area contributed by atoms with E-state index in [1.54, 1.807) is 14.0 Å². The highest BCUT2D eigenvalue weighted by Gasteiger charge is 2.17. The Labute approximate surface area is 109 Å². The van der Waals surface area contributed by atoms with Gasteiger partial charge in [-0.05, 0) is 20.0 Å². The van der Waals surface area contributed by atoms with Gasteiger partial charge in [-0.2, -0.15) is 0 Å². The average molecular weight is 271 g/mol. The van der Waals surface area contributed by atoms with Gasteiger partial charge in [0.1, 0.15) is 0 Å². The second kappa shape index (κ2) is 6.24. The molecule has 0 heterocycles. The Morgan fingerprint density at radius 3 is 2.47 bits per heavy atom. The Bertz CT molecular complexity index is 506. The molecule has 104 valence electrons. The zero-order chi connectivity index (χ0) is 14.6. The van der Waals surface area contributed by atoms with Crippen molar-refractivity contribution in [2.45, 2.75) is 19.5 Å². The van der Waals surface area contributed by atoms with Crippen molar-refractivity contribution in [2.24, 2.45) is 5.73 Å². The second-order valence-corrected chi connectivity index (χ2v) is 3.99. The van der Waals surface area contributed by atoms with E-state index in [0.717, 1.165) is 6.07 Å². The van der Waals surface area contributed by atoms with Crippen molar-refractivity contribution in [1.82, 2.24) is 10.6 Å². The molecule has 0 radical (unpaired) electrons. The average Bonchev–Trinajstić information content (AvgIpc) is 2.38. The first-order valence-corrected chi connectivity index (χ1v) is 5.60. The maximum atomic E-state index is 13.6. The largest absolute Gasteiger partial charge is 0.366 e. The molecule has 1 unspecified atom stereocenters. The molecule has 0 aromatic heterocycles. The summed E-state index contributed by atoms with van der Waals surface area (Å²) in [6.45, 7) is 1.45. The Balaban J connectivity index is 2.84. The summed E-state index contributed by atoms with van der Waals surface area (Å²) in [6, 6.07) is 1.85. The van der Waals surface area contributed by atoms with Gasteiger partial charge in [0.25, 0.3) is 5.91 Å². The molecule has 0 bridgehead atoms. The molecule has 1 aromatic carbocycles. The maximum absolute atomic E-state index is 13.6. The number of primary amides is 1. The molecule has 2 amide bonds. The summed E-state index contributed by atoms with van der Waals surface area (Å²) in [6.07, 6.45) is 0. The van der Waals surface area contributed by atoms with E-state index in [1.165, 1.54) is 6.07 Å². The van der Waals surface area contributed by atoms with Crippen molar-refractivity contribution < 1.29 is 18.4 Å². The lowest BCUT2D eigenvalue weighted by Gasteiger charge is -2.12. The van der Waals surface area contributed by atoms with E-state index in [-0.39, 0.29) is 18.0 Å². The number of carbonyl (C=O) groups excluding carboxylic acids is 2. The number of nitrogens with one attached hydrogen (secondary N) is 2. The van der Waals surface area contributed by atoms with E-state index in [2.05, 4.69) is 10.6 Å². The molecule has 0 spiro atoms. The second-order valence-electron chi connectivity index (χ2n) is 3.99. The highest BCUT2D eigenvalue weighted by Crippen LogP contribution is 2.16. The molecule has 0 saturated heterocycles. The lowest BCUT2D eigenvalue weighted by molar-refractivity contribution is -0.122. The van der Waals surface area contributed by atoms with Crippen molar-refractivity contribution in [1.29, 1.82) is 0 Å². The minimum absolute atomic E-state index is 0.0563. The Hall–Kier alpha value is -2.02. The van der Waals surface area contributed by atoms with Crippen LogP contribution >= 0.6 is 0 Å². The van der Waals surface area contributed by atoms with Crippen molar-refractivity contribution in [3.63, 3.8) is 0 Å².